The number of nitrogens with zero attached hydrogens (tertiary/aromatic N) is 4. The highest BCUT2D eigenvalue weighted by Gasteiger charge is 2.39. The minimum Gasteiger partial charge on any atom is -0.388 e. The Morgan fingerprint density at radius 1 is 1.26 bits per heavy atom. The van der Waals surface area contributed by atoms with Crippen LogP contribution in [0.15, 0.2) is 30.6 Å². The Morgan fingerprint density at radius 3 is 2.53 bits per heavy atom. The average molecular weight is 543 g/mol. The Balaban J connectivity index is 1.49. The van der Waals surface area contributed by atoms with E-state index in [2.05, 4.69) is 15.3 Å². The van der Waals surface area contributed by atoms with E-state index >= 15 is 4.39 Å². The average Bonchev–Trinajstić information content (AvgIpc) is 2.80. The Labute approximate surface area is 217 Å². The number of anilines is 2. The second kappa shape index (κ2) is 11.0. The number of benzene rings is 1. The molecule has 2 fully saturated rings. The van der Waals surface area contributed by atoms with Crippen LogP contribution in [0.5, 0.6) is 0 Å². The minimum atomic E-state index is -4.48. The number of likely N-dealkylation sites (tertiary alicyclic amines) is 1. The standard InChI is InChI=1S/C25H31F5N6O2/c1-24(38)13-35(12-20(31)37)7-6-17(24)10-32-22-21(27)23(34-14-33-22)36(19-8-18(26)9-19)11-15-2-4-16(5-3-15)25(28,29)30/h2-5,14,17-19,38H,6-13H2,1H3,(H2,31,37)(H,32,33,34)/t17-,18?,19?,24-/m0/s1. The van der Waals surface area contributed by atoms with Crippen molar-refractivity contribution in [2.24, 2.45) is 11.7 Å². The number of amides is 1. The smallest absolute Gasteiger partial charge is 0.388 e. The van der Waals surface area contributed by atoms with Crippen LogP contribution in [-0.2, 0) is 17.5 Å². The molecule has 1 aliphatic heterocycles. The number of nitrogens with two attached hydrogens (primary N) is 1. The summed E-state index contributed by atoms with van der Waals surface area (Å²) < 4.78 is 68.1. The molecule has 1 aliphatic carbocycles. The van der Waals surface area contributed by atoms with Crippen molar-refractivity contribution < 1.29 is 31.9 Å². The van der Waals surface area contributed by atoms with Gasteiger partial charge in [-0.3, -0.25) is 9.69 Å². The summed E-state index contributed by atoms with van der Waals surface area (Å²) >= 11 is 0. The van der Waals surface area contributed by atoms with Crippen molar-refractivity contribution in [1.29, 1.82) is 0 Å². The van der Waals surface area contributed by atoms with E-state index in [1.165, 1.54) is 18.5 Å². The van der Waals surface area contributed by atoms with E-state index in [1.807, 2.05) is 0 Å². The Kier molecular flexibility index (Phi) is 8.07. The Hall–Kier alpha value is -3.06. The molecule has 1 aromatic heterocycles. The summed E-state index contributed by atoms with van der Waals surface area (Å²) in [5, 5.41) is 13.8. The van der Waals surface area contributed by atoms with Gasteiger partial charge in [0.25, 0.3) is 0 Å². The summed E-state index contributed by atoms with van der Waals surface area (Å²) in [5.41, 5.74) is 3.79. The van der Waals surface area contributed by atoms with Crippen molar-refractivity contribution in [2.75, 3.05) is 36.4 Å². The molecule has 2 aliphatic rings. The molecule has 1 saturated carbocycles. The molecule has 38 heavy (non-hydrogen) atoms. The lowest BCUT2D eigenvalue weighted by atomic mass is 9.82. The molecule has 4 N–H and O–H groups in total. The normalized spacial score (nSPS) is 26.0. The van der Waals surface area contributed by atoms with Crippen molar-refractivity contribution in [2.45, 2.75) is 56.7 Å². The highest BCUT2D eigenvalue weighted by Crippen LogP contribution is 2.36. The van der Waals surface area contributed by atoms with Gasteiger partial charge >= 0.3 is 6.18 Å². The highest BCUT2D eigenvalue weighted by atomic mass is 19.4. The van der Waals surface area contributed by atoms with Crippen LogP contribution in [0.2, 0.25) is 0 Å². The Morgan fingerprint density at radius 2 is 1.95 bits per heavy atom. The van der Waals surface area contributed by atoms with Gasteiger partial charge in [0.05, 0.1) is 17.7 Å². The van der Waals surface area contributed by atoms with Crippen LogP contribution in [-0.4, -0.2) is 69.9 Å². The lowest BCUT2D eigenvalue weighted by Gasteiger charge is -2.42. The maximum atomic E-state index is 15.6. The second-order valence-electron chi connectivity index (χ2n) is 10.3. The quantitative estimate of drug-likeness (QED) is 0.418. The van der Waals surface area contributed by atoms with Gasteiger partial charge in [0.2, 0.25) is 11.7 Å². The van der Waals surface area contributed by atoms with Crippen LogP contribution >= 0.6 is 0 Å². The molecule has 0 spiro atoms. The van der Waals surface area contributed by atoms with Gasteiger partial charge < -0.3 is 21.1 Å². The molecule has 2 aromatic rings. The van der Waals surface area contributed by atoms with E-state index in [-0.39, 0.29) is 62.6 Å². The van der Waals surface area contributed by atoms with E-state index in [0.29, 0.717) is 18.5 Å². The van der Waals surface area contributed by atoms with Crippen LogP contribution in [0.4, 0.5) is 33.6 Å². The third kappa shape index (κ3) is 6.49. The molecule has 0 unspecified atom stereocenters. The number of aromatic nitrogens is 2. The third-order valence-corrected chi connectivity index (χ3v) is 7.29. The first kappa shape index (κ1) is 28.0. The monoisotopic (exact) mass is 542 g/mol. The minimum absolute atomic E-state index is 0.0376. The molecule has 8 nitrogen and oxygen atoms in total. The zero-order chi connectivity index (χ0) is 27.7. The van der Waals surface area contributed by atoms with Gasteiger partial charge in [-0.25, -0.2) is 14.4 Å². The van der Waals surface area contributed by atoms with Crippen LogP contribution in [0, 0.1) is 11.7 Å². The molecule has 4 rings (SSSR count). The van der Waals surface area contributed by atoms with Gasteiger partial charge in [-0.05, 0) is 50.4 Å². The number of hydrogen-bond acceptors (Lipinski definition) is 7. The first-order valence-electron chi connectivity index (χ1n) is 12.4. The van der Waals surface area contributed by atoms with Crippen LogP contribution in [0.1, 0.15) is 37.3 Å². The van der Waals surface area contributed by atoms with Crippen LogP contribution < -0.4 is 16.0 Å². The number of alkyl halides is 4. The maximum Gasteiger partial charge on any atom is 0.416 e. The fourth-order valence-corrected chi connectivity index (χ4v) is 5.04. The van der Waals surface area contributed by atoms with E-state index in [0.717, 1.165) is 12.1 Å². The molecule has 1 amide bonds. The molecule has 13 heteroatoms. The number of halogens is 5. The van der Waals surface area contributed by atoms with Gasteiger partial charge in [-0.15, -0.1) is 0 Å². The number of aliphatic hydroxyl groups is 1. The van der Waals surface area contributed by atoms with Gasteiger partial charge in [-0.2, -0.15) is 17.6 Å². The van der Waals surface area contributed by atoms with Crippen molar-refractivity contribution in [1.82, 2.24) is 14.9 Å². The molecular weight excluding hydrogens is 511 g/mol. The molecule has 1 saturated heterocycles. The summed E-state index contributed by atoms with van der Waals surface area (Å²) in [6.45, 7) is 2.68. The number of rotatable bonds is 9. The zero-order valence-electron chi connectivity index (χ0n) is 20.9. The van der Waals surface area contributed by atoms with Crippen molar-refractivity contribution in [3.8, 4) is 0 Å². The molecule has 1 aromatic carbocycles. The summed E-state index contributed by atoms with van der Waals surface area (Å²) in [6, 6.07) is 4.16. The van der Waals surface area contributed by atoms with E-state index in [9.17, 15) is 27.5 Å². The van der Waals surface area contributed by atoms with Crippen LogP contribution in [0.3, 0.4) is 0 Å². The fourth-order valence-electron chi connectivity index (χ4n) is 5.04. The topological polar surface area (TPSA) is 108 Å². The Bertz CT molecular complexity index is 1120. The number of nitrogens with one attached hydrogen (secondary N) is 1. The zero-order valence-corrected chi connectivity index (χ0v) is 20.9. The summed E-state index contributed by atoms with van der Waals surface area (Å²) in [7, 11) is 0. The maximum absolute atomic E-state index is 15.6. The van der Waals surface area contributed by atoms with E-state index in [4.69, 9.17) is 5.73 Å². The van der Waals surface area contributed by atoms with Gasteiger partial charge in [0, 0.05) is 31.6 Å². The number of primary amides is 1. The van der Waals surface area contributed by atoms with Gasteiger partial charge in [0.1, 0.15) is 12.5 Å². The number of carbonyl (C=O) groups is 1. The molecule has 0 radical (unpaired) electrons. The van der Waals surface area contributed by atoms with Gasteiger partial charge in [-0.1, -0.05) is 12.1 Å². The summed E-state index contributed by atoms with van der Waals surface area (Å²) in [6.07, 6.45) is -3.51. The summed E-state index contributed by atoms with van der Waals surface area (Å²) in [4.78, 5) is 22.6. The molecule has 208 valence electrons. The highest BCUT2D eigenvalue weighted by molar-refractivity contribution is 5.75. The van der Waals surface area contributed by atoms with Crippen molar-refractivity contribution >= 4 is 17.5 Å². The lowest BCUT2D eigenvalue weighted by Crippen LogP contribution is -2.55. The predicted molar refractivity (Wildman–Crippen MR) is 130 cm³/mol. The molecule has 2 heterocycles. The van der Waals surface area contributed by atoms with E-state index < -0.39 is 35.2 Å². The number of β-amino-alcohol motifs (C(OH)–C–C–N with tert-alkyl or cyclic N) is 1. The van der Waals surface area contributed by atoms with E-state index in [1.54, 1.807) is 16.7 Å². The fraction of sp³-hybridized carbons (Fsp3) is 0.560. The molecule has 0 bridgehead atoms. The predicted octanol–water partition coefficient (Wildman–Crippen LogP) is 3.11. The first-order chi connectivity index (χ1) is 17.8. The van der Waals surface area contributed by atoms with Crippen molar-refractivity contribution in [3.05, 3.63) is 47.5 Å². The van der Waals surface area contributed by atoms with Crippen LogP contribution in [0.25, 0.3) is 0 Å². The van der Waals surface area contributed by atoms with Crippen molar-refractivity contribution in [3.63, 3.8) is 0 Å². The third-order valence-electron chi connectivity index (χ3n) is 7.29. The number of hydrogen-bond donors (Lipinski definition) is 3. The SMILES string of the molecule is C[C@]1(O)CN(CC(N)=O)CC[C@H]1CNc1ncnc(N(Cc2ccc(C(F)(F)F)cc2)C2CC(F)C2)c1F. The largest absolute Gasteiger partial charge is 0.416 e. The lowest BCUT2D eigenvalue weighted by molar-refractivity contribution is -0.137. The molecule has 2 atom stereocenters. The van der Waals surface area contributed by atoms with Gasteiger partial charge in [0.15, 0.2) is 11.6 Å². The molecular formula is C25H31F5N6O2. The second-order valence-corrected chi connectivity index (χ2v) is 10.3. The number of carbonyl (C=O) groups excluding carboxylic acids is 1. The first-order valence-corrected chi connectivity index (χ1v) is 12.4. The number of piperidine rings is 1. The summed E-state index contributed by atoms with van der Waals surface area (Å²) in [5.74, 6) is -1.71.